The molecule has 178 valence electrons. The molecule has 0 bridgehead atoms. The zero-order chi connectivity index (χ0) is 24.0. The summed E-state index contributed by atoms with van der Waals surface area (Å²) in [7, 11) is 0. The lowest BCUT2D eigenvalue weighted by Crippen LogP contribution is -2.32. The number of nitrogens with zero attached hydrogens (tertiary/aromatic N) is 4. The van der Waals surface area contributed by atoms with Gasteiger partial charge in [-0.1, -0.05) is 11.3 Å². The van der Waals surface area contributed by atoms with Crippen LogP contribution in [0.2, 0.25) is 0 Å². The Bertz CT molecular complexity index is 1070. The topological polar surface area (TPSA) is 133 Å². The third kappa shape index (κ3) is 6.65. The molecule has 10 nitrogen and oxygen atoms in total. The lowest BCUT2D eigenvalue weighted by molar-refractivity contribution is -0.138. The number of nitrogens with one attached hydrogen (secondary N) is 2. The van der Waals surface area contributed by atoms with Crippen molar-refractivity contribution < 1.29 is 27.4 Å². The van der Waals surface area contributed by atoms with Crippen LogP contribution >= 0.6 is 11.3 Å². The number of carbonyl (C=O) groups is 1. The molecule has 2 N–H and O–H groups in total. The molecule has 1 aliphatic rings. The summed E-state index contributed by atoms with van der Waals surface area (Å²) < 4.78 is 50.4. The summed E-state index contributed by atoms with van der Waals surface area (Å²) in [4.78, 5) is 30.0. The average molecular weight is 486 g/mol. The predicted molar refractivity (Wildman–Crippen MR) is 111 cm³/mol. The Balaban J connectivity index is 1.39. The molecule has 3 heterocycles. The number of halogens is 3. The summed E-state index contributed by atoms with van der Waals surface area (Å²) >= 11 is 1.14. The number of carbonyl (C=O) groups excluding carboxylic acids is 1. The van der Waals surface area contributed by atoms with Gasteiger partial charge in [-0.05, 0) is 6.92 Å². The van der Waals surface area contributed by atoms with Crippen LogP contribution in [-0.2, 0) is 15.7 Å². The first-order valence-electron chi connectivity index (χ1n) is 9.97. The summed E-state index contributed by atoms with van der Waals surface area (Å²) in [6.45, 7) is 2.61. The van der Waals surface area contributed by atoms with E-state index in [2.05, 4.69) is 15.4 Å². The minimum atomic E-state index is -4.83. The van der Waals surface area contributed by atoms with Gasteiger partial charge in [0.05, 0.1) is 44.3 Å². The molecule has 1 amide bonds. The molecule has 1 saturated heterocycles. The molecule has 2 aromatic heterocycles. The number of aromatic amines is 1. The van der Waals surface area contributed by atoms with Gasteiger partial charge < -0.3 is 19.7 Å². The standard InChI is InChI=1S/C19H21F3N6O4S/c1-11(26-14-8-25-27-17(30)16(14)19(20,21)22)10-31-5-3-15(29)28-4-2-12(9-28)32-18-24-7-13(6-23)33-18/h7-8,11-12H,2-5,9-10H2,1H3,(H2,26,27,30). The molecule has 2 unspecified atom stereocenters. The molecule has 33 heavy (non-hydrogen) atoms. The maximum atomic E-state index is 13.1. The van der Waals surface area contributed by atoms with Gasteiger partial charge in [-0.25, -0.2) is 10.1 Å². The number of ether oxygens (including phenoxy) is 2. The zero-order valence-corrected chi connectivity index (χ0v) is 18.3. The molecule has 2 atom stereocenters. The second kappa shape index (κ2) is 10.6. The van der Waals surface area contributed by atoms with Gasteiger partial charge in [-0.3, -0.25) is 9.59 Å². The molecule has 2 aromatic rings. The third-order valence-electron chi connectivity index (χ3n) is 4.73. The van der Waals surface area contributed by atoms with Gasteiger partial charge in [-0.15, -0.1) is 0 Å². The van der Waals surface area contributed by atoms with E-state index in [1.54, 1.807) is 16.9 Å². The van der Waals surface area contributed by atoms with E-state index in [-0.39, 0.29) is 31.6 Å². The van der Waals surface area contributed by atoms with E-state index in [9.17, 15) is 22.8 Å². The zero-order valence-electron chi connectivity index (χ0n) is 17.5. The van der Waals surface area contributed by atoms with Crippen LogP contribution in [0.15, 0.2) is 17.2 Å². The SMILES string of the molecule is CC(COCCC(=O)N1CCC(Oc2ncc(C#N)s2)C1)Nc1cn[nH]c(=O)c1C(F)(F)F. The number of aromatic nitrogens is 3. The maximum absolute atomic E-state index is 13.1. The molecule has 0 spiro atoms. The third-order valence-corrected chi connectivity index (χ3v) is 5.52. The van der Waals surface area contributed by atoms with Crippen LogP contribution in [0.1, 0.15) is 30.2 Å². The van der Waals surface area contributed by atoms with Crippen LogP contribution in [0.25, 0.3) is 0 Å². The molecule has 0 saturated carbocycles. The van der Waals surface area contributed by atoms with Crippen molar-refractivity contribution in [2.45, 2.75) is 38.1 Å². The van der Waals surface area contributed by atoms with Gasteiger partial charge in [0.25, 0.3) is 10.8 Å². The highest BCUT2D eigenvalue weighted by molar-refractivity contribution is 7.13. The van der Waals surface area contributed by atoms with Crippen LogP contribution in [0, 0.1) is 11.3 Å². The van der Waals surface area contributed by atoms with Gasteiger partial charge in [0.2, 0.25) is 5.91 Å². The maximum Gasteiger partial charge on any atom is 0.423 e. The Morgan fingerprint density at radius 2 is 2.27 bits per heavy atom. The molecule has 0 aliphatic carbocycles. The largest absolute Gasteiger partial charge is 0.465 e. The highest BCUT2D eigenvalue weighted by Crippen LogP contribution is 2.31. The summed E-state index contributed by atoms with van der Waals surface area (Å²) in [5.41, 5.74) is -3.13. The van der Waals surface area contributed by atoms with Crippen molar-refractivity contribution >= 4 is 22.9 Å². The minimum absolute atomic E-state index is 0.0222. The number of thiazole rings is 1. The van der Waals surface area contributed by atoms with E-state index in [0.29, 0.717) is 29.6 Å². The number of hydrogen-bond donors (Lipinski definition) is 2. The van der Waals surface area contributed by atoms with E-state index in [0.717, 1.165) is 17.5 Å². The lowest BCUT2D eigenvalue weighted by Gasteiger charge is -2.19. The van der Waals surface area contributed by atoms with Gasteiger partial charge in [0.1, 0.15) is 22.6 Å². The van der Waals surface area contributed by atoms with Gasteiger partial charge >= 0.3 is 6.18 Å². The fourth-order valence-electron chi connectivity index (χ4n) is 3.23. The summed E-state index contributed by atoms with van der Waals surface area (Å²) in [5.74, 6) is -0.128. The fraction of sp³-hybridized carbons (Fsp3) is 0.526. The number of anilines is 1. The van der Waals surface area contributed by atoms with Crippen LogP contribution in [0.3, 0.4) is 0 Å². The molecular formula is C19H21F3N6O4S. The smallest absolute Gasteiger partial charge is 0.423 e. The normalized spacial score (nSPS) is 16.9. The van der Waals surface area contributed by atoms with Crippen LogP contribution in [0.5, 0.6) is 5.19 Å². The van der Waals surface area contributed by atoms with Crippen molar-refractivity contribution in [2.75, 3.05) is 31.6 Å². The van der Waals surface area contributed by atoms with Crippen LogP contribution in [-0.4, -0.2) is 64.4 Å². The first kappa shape index (κ1) is 24.5. The van der Waals surface area contributed by atoms with E-state index in [1.165, 1.54) is 6.20 Å². The Kier molecular flexibility index (Phi) is 7.88. The van der Waals surface area contributed by atoms with Crippen LogP contribution in [0.4, 0.5) is 18.9 Å². The number of rotatable bonds is 9. The highest BCUT2D eigenvalue weighted by Gasteiger charge is 2.37. The molecule has 3 rings (SSSR count). The molecule has 0 aromatic carbocycles. The number of alkyl halides is 3. The summed E-state index contributed by atoms with van der Waals surface area (Å²) in [5, 5.41) is 17.0. The highest BCUT2D eigenvalue weighted by atomic mass is 32.1. The Morgan fingerprint density at radius 1 is 1.48 bits per heavy atom. The second-order valence-corrected chi connectivity index (χ2v) is 8.32. The van der Waals surface area contributed by atoms with Crippen LogP contribution < -0.4 is 15.6 Å². The number of hydrogen-bond acceptors (Lipinski definition) is 9. The van der Waals surface area contributed by atoms with E-state index < -0.39 is 29.0 Å². The molecule has 14 heteroatoms. The van der Waals surface area contributed by atoms with Crippen molar-refractivity contribution in [1.82, 2.24) is 20.1 Å². The molecule has 1 fully saturated rings. The summed E-state index contributed by atoms with van der Waals surface area (Å²) in [6.07, 6.45) is -1.97. The number of H-pyrrole nitrogens is 1. The van der Waals surface area contributed by atoms with Crippen molar-refractivity contribution in [2.24, 2.45) is 0 Å². The average Bonchev–Trinajstić information content (AvgIpc) is 3.40. The molecule has 0 radical (unpaired) electrons. The van der Waals surface area contributed by atoms with Crippen molar-refractivity contribution in [1.29, 1.82) is 5.26 Å². The van der Waals surface area contributed by atoms with E-state index >= 15 is 0 Å². The quantitative estimate of drug-likeness (QED) is 0.514. The van der Waals surface area contributed by atoms with Crippen molar-refractivity contribution in [3.8, 4) is 11.3 Å². The molecular weight excluding hydrogens is 465 g/mol. The fourth-order valence-corrected chi connectivity index (χ4v) is 3.86. The van der Waals surface area contributed by atoms with Crippen molar-refractivity contribution in [3.05, 3.63) is 33.2 Å². The van der Waals surface area contributed by atoms with E-state index in [1.807, 2.05) is 6.07 Å². The van der Waals surface area contributed by atoms with Crippen molar-refractivity contribution in [3.63, 3.8) is 0 Å². The van der Waals surface area contributed by atoms with E-state index in [4.69, 9.17) is 14.7 Å². The Labute approximate surface area is 190 Å². The number of likely N-dealkylation sites (tertiary alicyclic amines) is 1. The van der Waals surface area contributed by atoms with Gasteiger partial charge in [0, 0.05) is 19.0 Å². The Hall–Kier alpha value is -3.18. The lowest BCUT2D eigenvalue weighted by atomic mass is 10.2. The number of nitriles is 1. The van der Waals surface area contributed by atoms with Gasteiger partial charge in [-0.2, -0.15) is 23.5 Å². The first-order chi connectivity index (χ1) is 15.7. The Morgan fingerprint density at radius 3 is 2.97 bits per heavy atom. The monoisotopic (exact) mass is 486 g/mol. The minimum Gasteiger partial charge on any atom is -0.465 e. The van der Waals surface area contributed by atoms with Gasteiger partial charge in [0.15, 0.2) is 0 Å². The predicted octanol–water partition coefficient (Wildman–Crippen LogP) is 2.00. The first-order valence-corrected chi connectivity index (χ1v) is 10.8. The molecule has 1 aliphatic heterocycles. The number of amides is 1. The summed E-state index contributed by atoms with van der Waals surface area (Å²) in [6, 6.07) is 1.42. The second-order valence-electron chi connectivity index (χ2n) is 7.33.